The van der Waals surface area contributed by atoms with Crippen LogP contribution in [0.2, 0.25) is 0 Å². The first-order valence-electron chi connectivity index (χ1n) is 7.58. The molecule has 2 amide bonds. The predicted molar refractivity (Wildman–Crippen MR) is 95.3 cm³/mol. The third kappa shape index (κ3) is 4.20. The Labute approximate surface area is 141 Å². The zero-order chi connectivity index (χ0) is 17.0. The summed E-state index contributed by atoms with van der Waals surface area (Å²) < 4.78 is 0. The lowest BCUT2D eigenvalue weighted by atomic mass is 10.0. The molecule has 0 fully saturated rings. The van der Waals surface area contributed by atoms with Crippen molar-refractivity contribution in [2.75, 3.05) is 18.0 Å². The minimum Gasteiger partial charge on any atom is -0.350 e. The summed E-state index contributed by atoms with van der Waals surface area (Å²) in [7, 11) is 0. The van der Waals surface area contributed by atoms with Gasteiger partial charge in [0.05, 0.1) is 4.88 Å². The van der Waals surface area contributed by atoms with E-state index in [-0.39, 0.29) is 11.8 Å². The molecule has 2 rings (SSSR count). The van der Waals surface area contributed by atoms with Gasteiger partial charge in [0.1, 0.15) is 0 Å². The van der Waals surface area contributed by atoms with Crippen LogP contribution in [0.5, 0.6) is 0 Å². The second-order valence-corrected chi connectivity index (χ2v) is 6.60. The molecule has 1 aromatic carbocycles. The van der Waals surface area contributed by atoms with Crippen molar-refractivity contribution >= 4 is 28.8 Å². The Hall–Kier alpha value is -2.14. The van der Waals surface area contributed by atoms with Crippen molar-refractivity contribution in [3.63, 3.8) is 0 Å². The maximum absolute atomic E-state index is 12.1. The van der Waals surface area contributed by atoms with Gasteiger partial charge in [0.15, 0.2) is 0 Å². The first kappa shape index (κ1) is 17.2. The van der Waals surface area contributed by atoms with E-state index in [4.69, 9.17) is 0 Å². The van der Waals surface area contributed by atoms with E-state index in [1.54, 1.807) is 17.9 Å². The number of thiophene rings is 1. The van der Waals surface area contributed by atoms with Crippen LogP contribution in [0.1, 0.15) is 33.3 Å². The molecule has 2 aromatic rings. The summed E-state index contributed by atoms with van der Waals surface area (Å²) >= 11 is 1.41. The normalized spacial score (nSPS) is 10.4. The maximum atomic E-state index is 12.1. The number of benzene rings is 1. The van der Waals surface area contributed by atoms with Crippen LogP contribution >= 0.6 is 11.3 Å². The fraction of sp³-hybridized carbons (Fsp3) is 0.333. The number of hydrogen-bond acceptors (Lipinski definition) is 3. The highest BCUT2D eigenvalue weighted by Crippen LogP contribution is 2.26. The summed E-state index contributed by atoms with van der Waals surface area (Å²) in [5.74, 6) is -0.119. The fourth-order valence-corrected chi connectivity index (χ4v) is 3.44. The first-order valence-corrected chi connectivity index (χ1v) is 8.45. The lowest BCUT2D eigenvalue weighted by Crippen LogP contribution is -2.38. The largest absolute Gasteiger partial charge is 0.350 e. The Morgan fingerprint density at radius 2 is 1.83 bits per heavy atom. The molecule has 1 N–H and O–H groups in total. The predicted octanol–water partition coefficient (Wildman–Crippen LogP) is 3.46. The molecule has 1 heterocycles. The van der Waals surface area contributed by atoms with Crippen molar-refractivity contribution in [2.24, 2.45) is 0 Å². The molecule has 0 aliphatic rings. The van der Waals surface area contributed by atoms with Gasteiger partial charge in [0.25, 0.3) is 5.91 Å². The molecular formula is C18H22N2O2S. The molecule has 0 spiro atoms. The van der Waals surface area contributed by atoms with Crippen molar-refractivity contribution in [3.05, 3.63) is 51.2 Å². The fourth-order valence-electron chi connectivity index (χ4n) is 2.80. The molecule has 0 atom stereocenters. The van der Waals surface area contributed by atoms with Crippen molar-refractivity contribution in [1.29, 1.82) is 0 Å². The summed E-state index contributed by atoms with van der Waals surface area (Å²) in [6, 6.07) is 7.78. The molecule has 0 aliphatic heterocycles. The number of nitrogens with zero attached hydrogens (tertiary/aromatic N) is 1. The quantitative estimate of drug-likeness (QED) is 0.913. The van der Waals surface area contributed by atoms with E-state index in [1.165, 1.54) is 16.9 Å². The van der Waals surface area contributed by atoms with Gasteiger partial charge in [0, 0.05) is 25.7 Å². The maximum Gasteiger partial charge on any atom is 0.261 e. The summed E-state index contributed by atoms with van der Waals surface area (Å²) in [5, 5.41) is 4.74. The minimum atomic E-state index is -0.0964. The third-order valence-corrected chi connectivity index (χ3v) is 4.52. The van der Waals surface area contributed by atoms with Gasteiger partial charge in [-0.3, -0.25) is 9.59 Å². The van der Waals surface area contributed by atoms with E-state index in [9.17, 15) is 9.59 Å². The average Bonchev–Trinajstić information content (AvgIpc) is 2.98. The Balaban J connectivity index is 2.08. The zero-order valence-corrected chi connectivity index (χ0v) is 14.8. The lowest BCUT2D eigenvalue weighted by molar-refractivity contribution is -0.116. The van der Waals surface area contributed by atoms with Crippen LogP contribution in [0.3, 0.4) is 0 Å². The molecule has 0 saturated heterocycles. The van der Waals surface area contributed by atoms with Gasteiger partial charge in [-0.2, -0.15) is 0 Å². The number of amides is 2. The van der Waals surface area contributed by atoms with Gasteiger partial charge in [-0.25, -0.2) is 0 Å². The molecule has 122 valence electrons. The molecule has 0 saturated carbocycles. The number of nitrogens with one attached hydrogen (secondary N) is 1. The SMILES string of the molecule is CC(=O)N(CCNC(=O)c1cccs1)c1c(C)cc(C)cc1C. The molecule has 0 bridgehead atoms. The van der Waals surface area contributed by atoms with E-state index in [0.717, 1.165) is 16.8 Å². The number of rotatable bonds is 5. The first-order chi connectivity index (χ1) is 10.9. The van der Waals surface area contributed by atoms with E-state index in [2.05, 4.69) is 17.4 Å². The second-order valence-electron chi connectivity index (χ2n) is 5.65. The molecular weight excluding hydrogens is 308 g/mol. The number of carbonyl (C=O) groups is 2. The Morgan fingerprint density at radius 3 is 2.35 bits per heavy atom. The van der Waals surface area contributed by atoms with Crippen molar-refractivity contribution in [3.8, 4) is 0 Å². The summed E-state index contributed by atoms with van der Waals surface area (Å²) in [5.41, 5.74) is 4.26. The Bertz CT molecular complexity index is 685. The summed E-state index contributed by atoms with van der Waals surface area (Å²) in [6.07, 6.45) is 0. The minimum absolute atomic E-state index is 0.0228. The van der Waals surface area contributed by atoms with Gasteiger partial charge < -0.3 is 10.2 Å². The third-order valence-electron chi connectivity index (χ3n) is 3.65. The van der Waals surface area contributed by atoms with E-state index in [0.29, 0.717) is 18.0 Å². The van der Waals surface area contributed by atoms with Gasteiger partial charge in [-0.15, -0.1) is 11.3 Å². The number of anilines is 1. The topological polar surface area (TPSA) is 49.4 Å². The smallest absolute Gasteiger partial charge is 0.261 e. The van der Waals surface area contributed by atoms with Crippen LogP contribution in [0.25, 0.3) is 0 Å². The van der Waals surface area contributed by atoms with Crippen LogP contribution in [0.4, 0.5) is 5.69 Å². The van der Waals surface area contributed by atoms with Gasteiger partial charge in [-0.05, 0) is 43.3 Å². The van der Waals surface area contributed by atoms with Crippen LogP contribution in [0, 0.1) is 20.8 Å². The highest BCUT2D eigenvalue weighted by molar-refractivity contribution is 7.12. The molecule has 0 unspecified atom stereocenters. The zero-order valence-electron chi connectivity index (χ0n) is 14.0. The lowest BCUT2D eigenvalue weighted by Gasteiger charge is -2.25. The Kier molecular flexibility index (Phi) is 5.55. The van der Waals surface area contributed by atoms with Crippen molar-refractivity contribution in [1.82, 2.24) is 5.32 Å². The number of hydrogen-bond donors (Lipinski definition) is 1. The van der Waals surface area contributed by atoms with E-state index < -0.39 is 0 Å². The summed E-state index contributed by atoms with van der Waals surface area (Å²) in [4.78, 5) is 26.4. The van der Waals surface area contributed by atoms with Crippen molar-refractivity contribution < 1.29 is 9.59 Å². The van der Waals surface area contributed by atoms with E-state index >= 15 is 0 Å². The molecule has 0 radical (unpaired) electrons. The van der Waals surface area contributed by atoms with Crippen LogP contribution in [0.15, 0.2) is 29.6 Å². The molecule has 4 nitrogen and oxygen atoms in total. The summed E-state index contributed by atoms with van der Waals surface area (Å²) in [6.45, 7) is 8.49. The van der Waals surface area contributed by atoms with E-state index in [1.807, 2.05) is 32.2 Å². The molecule has 0 aliphatic carbocycles. The Morgan fingerprint density at radius 1 is 1.17 bits per heavy atom. The van der Waals surface area contributed by atoms with Crippen LogP contribution < -0.4 is 10.2 Å². The molecule has 5 heteroatoms. The van der Waals surface area contributed by atoms with Crippen LogP contribution in [-0.4, -0.2) is 24.9 Å². The highest BCUT2D eigenvalue weighted by atomic mass is 32.1. The second kappa shape index (κ2) is 7.42. The average molecular weight is 330 g/mol. The molecule has 23 heavy (non-hydrogen) atoms. The number of carbonyl (C=O) groups excluding carboxylic acids is 2. The highest BCUT2D eigenvalue weighted by Gasteiger charge is 2.17. The number of aryl methyl sites for hydroxylation is 3. The van der Waals surface area contributed by atoms with Crippen molar-refractivity contribution in [2.45, 2.75) is 27.7 Å². The van der Waals surface area contributed by atoms with Gasteiger partial charge >= 0.3 is 0 Å². The van der Waals surface area contributed by atoms with Crippen LogP contribution in [-0.2, 0) is 4.79 Å². The van der Waals surface area contributed by atoms with Gasteiger partial charge in [-0.1, -0.05) is 23.8 Å². The van der Waals surface area contributed by atoms with Gasteiger partial charge in [0.2, 0.25) is 5.91 Å². The molecule has 1 aromatic heterocycles. The standard InChI is InChI=1S/C18H22N2O2S/c1-12-10-13(2)17(14(3)11-12)20(15(4)21)8-7-19-18(22)16-6-5-9-23-16/h5-6,9-11H,7-8H2,1-4H3,(H,19,22). The monoisotopic (exact) mass is 330 g/mol.